The third kappa shape index (κ3) is 2.80. The Morgan fingerprint density at radius 2 is 2.00 bits per heavy atom. The maximum atomic E-state index is 12.3. The van der Waals surface area contributed by atoms with Crippen molar-refractivity contribution in [1.82, 2.24) is 14.5 Å². The number of fused-ring (bicyclic) bond motifs is 1. The summed E-state index contributed by atoms with van der Waals surface area (Å²) in [5.41, 5.74) is 0.503. The summed E-state index contributed by atoms with van der Waals surface area (Å²) in [6.07, 6.45) is 1.46. The van der Waals surface area contributed by atoms with E-state index < -0.39 is 0 Å². The van der Waals surface area contributed by atoms with Crippen LogP contribution in [0.2, 0.25) is 0 Å². The number of amides is 1. The molecule has 0 saturated carbocycles. The quantitative estimate of drug-likeness (QED) is 0.751. The summed E-state index contributed by atoms with van der Waals surface area (Å²) < 4.78 is 1.40. The molecular weight excluding hydrogens is 268 g/mol. The number of aromatic nitrogens is 2. The van der Waals surface area contributed by atoms with Crippen molar-refractivity contribution in [3.05, 3.63) is 40.9 Å². The Kier molecular flexibility index (Phi) is 3.70. The SMILES string of the molecule is C[NH+]1CCN(C(=O)Cn2cnc3ccccc3c2=O)CC1. The lowest BCUT2D eigenvalue weighted by Gasteiger charge is -2.30. The number of para-hydroxylation sites is 1. The van der Waals surface area contributed by atoms with Gasteiger partial charge < -0.3 is 9.80 Å². The highest BCUT2D eigenvalue weighted by atomic mass is 16.2. The normalized spacial score (nSPS) is 16.3. The summed E-state index contributed by atoms with van der Waals surface area (Å²) in [6.45, 7) is 3.48. The van der Waals surface area contributed by atoms with E-state index in [0.717, 1.165) is 26.2 Å². The van der Waals surface area contributed by atoms with Gasteiger partial charge in [-0.1, -0.05) is 12.1 Å². The van der Waals surface area contributed by atoms with E-state index >= 15 is 0 Å². The Bertz CT molecular complexity index is 717. The van der Waals surface area contributed by atoms with Gasteiger partial charge in [0.1, 0.15) is 6.54 Å². The van der Waals surface area contributed by atoms with Gasteiger partial charge in [-0.3, -0.25) is 14.2 Å². The fourth-order valence-corrected chi connectivity index (χ4v) is 2.60. The Balaban J connectivity index is 1.80. The van der Waals surface area contributed by atoms with Crippen molar-refractivity contribution in [3.8, 4) is 0 Å². The number of nitrogens with zero attached hydrogens (tertiary/aromatic N) is 3. The van der Waals surface area contributed by atoms with Crippen LogP contribution in [0, 0.1) is 0 Å². The van der Waals surface area contributed by atoms with Gasteiger partial charge in [-0.05, 0) is 12.1 Å². The second-order valence-electron chi connectivity index (χ2n) is 5.53. The first-order valence-corrected chi connectivity index (χ1v) is 7.18. The van der Waals surface area contributed by atoms with E-state index in [2.05, 4.69) is 12.0 Å². The first-order chi connectivity index (χ1) is 10.1. The predicted octanol–water partition coefficient (Wildman–Crippen LogP) is -1.25. The number of hydrogen-bond donors (Lipinski definition) is 1. The van der Waals surface area contributed by atoms with Gasteiger partial charge in [0.25, 0.3) is 5.56 Å². The molecule has 0 bridgehead atoms. The van der Waals surface area contributed by atoms with E-state index in [1.807, 2.05) is 11.0 Å². The van der Waals surface area contributed by atoms with E-state index in [1.54, 1.807) is 18.2 Å². The summed E-state index contributed by atoms with van der Waals surface area (Å²) in [4.78, 5) is 32.1. The highest BCUT2D eigenvalue weighted by Crippen LogP contribution is 2.04. The van der Waals surface area contributed by atoms with Gasteiger partial charge in [0.15, 0.2) is 0 Å². The molecule has 1 saturated heterocycles. The van der Waals surface area contributed by atoms with Crippen LogP contribution in [-0.4, -0.2) is 53.6 Å². The lowest BCUT2D eigenvalue weighted by atomic mass is 10.2. The Morgan fingerprint density at radius 3 is 2.76 bits per heavy atom. The van der Waals surface area contributed by atoms with E-state index in [-0.39, 0.29) is 18.0 Å². The molecule has 0 unspecified atom stereocenters. The topological polar surface area (TPSA) is 59.6 Å². The number of piperazine rings is 1. The van der Waals surface area contributed by atoms with Gasteiger partial charge in [0.05, 0.1) is 50.5 Å². The zero-order valence-corrected chi connectivity index (χ0v) is 12.1. The molecule has 21 heavy (non-hydrogen) atoms. The molecule has 1 aromatic carbocycles. The predicted molar refractivity (Wildman–Crippen MR) is 79.2 cm³/mol. The highest BCUT2D eigenvalue weighted by molar-refractivity contribution is 5.79. The summed E-state index contributed by atoms with van der Waals surface area (Å²) in [5, 5.41) is 0.552. The number of carbonyl (C=O) groups is 1. The number of hydrogen-bond acceptors (Lipinski definition) is 3. The third-order valence-electron chi connectivity index (χ3n) is 4.01. The molecule has 6 nitrogen and oxygen atoms in total. The van der Waals surface area contributed by atoms with E-state index in [9.17, 15) is 9.59 Å². The molecule has 2 heterocycles. The largest absolute Gasteiger partial charge is 0.334 e. The van der Waals surface area contributed by atoms with Gasteiger partial charge in [0.2, 0.25) is 5.91 Å². The summed E-state index contributed by atoms with van der Waals surface area (Å²) in [7, 11) is 2.12. The first kappa shape index (κ1) is 13.8. The molecule has 2 aromatic rings. The van der Waals surface area contributed by atoms with Crippen LogP contribution < -0.4 is 10.5 Å². The average molecular weight is 287 g/mol. The molecule has 3 rings (SSSR count). The molecule has 0 atom stereocenters. The molecule has 1 aliphatic rings. The molecule has 1 fully saturated rings. The molecule has 1 N–H and O–H groups in total. The fourth-order valence-electron chi connectivity index (χ4n) is 2.60. The Hall–Kier alpha value is -2.21. The minimum Gasteiger partial charge on any atom is -0.334 e. The molecule has 0 aliphatic carbocycles. The Morgan fingerprint density at radius 1 is 1.29 bits per heavy atom. The minimum absolute atomic E-state index is 0.0123. The molecule has 0 radical (unpaired) electrons. The zero-order valence-electron chi connectivity index (χ0n) is 12.1. The van der Waals surface area contributed by atoms with Crippen LogP contribution in [0.1, 0.15) is 0 Å². The molecule has 1 aliphatic heterocycles. The van der Waals surface area contributed by atoms with Gasteiger partial charge in [-0.2, -0.15) is 0 Å². The van der Waals surface area contributed by atoms with Crippen molar-refractivity contribution in [2.45, 2.75) is 6.54 Å². The molecular formula is C15H19N4O2+. The van der Waals surface area contributed by atoms with Gasteiger partial charge >= 0.3 is 0 Å². The van der Waals surface area contributed by atoms with Gasteiger partial charge in [-0.25, -0.2) is 4.98 Å². The van der Waals surface area contributed by atoms with Crippen LogP contribution in [0.3, 0.4) is 0 Å². The first-order valence-electron chi connectivity index (χ1n) is 7.18. The smallest absolute Gasteiger partial charge is 0.261 e. The van der Waals surface area contributed by atoms with Crippen LogP contribution >= 0.6 is 0 Å². The maximum Gasteiger partial charge on any atom is 0.261 e. The number of carbonyl (C=O) groups excluding carboxylic acids is 1. The molecule has 0 spiro atoms. The van der Waals surface area contributed by atoms with Gasteiger partial charge in [-0.15, -0.1) is 0 Å². The summed E-state index contributed by atoms with van der Waals surface area (Å²) >= 11 is 0. The van der Waals surface area contributed by atoms with Crippen LogP contribution in [0.15, 0.2) is 35.4 Å². The summed E-state index contributed by atoms with van der Waals surface area (Å²) in [6, 6.07) is 7.19. The van der Waals surface area contributed by atoms with Crippen molar-refractivity contribution in [2.75, 3.05) is 33.2 Å². The van der Waals surface area contributed by atoms with Crippen molar-refractivity contribution in [3.63, 3.8) is 0 Å². The van der Waals surface area contributed by atoms with E-state index in [1.165, 1.54) is 15.8 Å². The van der Waals surface area contributed by atoms with Crippen molar-refractivity contribution in [2.24, 2.45) is 0 Å². The standard InChI is InChI=1S/C15H18N4O2/c1-17-6-8-18(9-7-17)14(20)10-19-11-16-13-5-3-2-4-12(13)15(19)21/h2-5,11H,6-10H2,1H3/p+1. The van der Waals surface area contributed by atoms with Crippen LogP contribution in [-0.2, 0) is 11.3 Å². The minimum atomic E-state index is -0.159. The third-order valence-corrected chi connectivity index (χ3v) is 4.01. The monoisotopic (exact) mass is 287 g/mol. The van der Waals surface area contributed by atoms with Crippen LogP contribution in [0.25, 0.3) is 10.9 Å². The maximum absolute atomic E-state index is 12.3. The number of rotatable bonds is 2. The molecule has 1 aromatic heterocycles. The lowest BCUT2D eigenvalue weighted by molar-refractivity contribution is -0.883. The van der Waals surface area contributed by atoms with Gasteiger partial charge in [0, 0.05) is 0 Å². The molecule has 110 valence electrons. The average Bonchev–Trinajstić information content (AvgIpc) is 2.51. The van der Waals surface area contributed by atoms with E-state index in [0.29, 0.717) is 10.9 Å². The van der Waals surface area contributed by atoms with Crippen LogP contribution in [0.4, 0.5) is 0 Å². The van der Waals surface area contributed by atoms with E-state index in [4.69, 9.17) is 0 Å². The number of benzene rings is 1. The number of quaternary nitrogens is 1. The lowest BCUT2D eigenvalue weighted by Crippen LogP contribution is -3.12. The number of likely N-dealkylation sites (N-methyl/N-ethyl adjacent to an activating group) is 1. The van der Waals surface area contributed by atoms with Crippen molar-refractivity contribution in [1.29, 1.82) is 0 Å². The second kappa shape index (κ2) is 5.65. The fraction of sp³-hybridized carbons (Fsp3) is 0.400. The second-order valence-corrected chi connectivity index (χ2v) is 5.53. The number of nitrogens with one attached hydrogen (secondary N) is 1. The highest BCUT2D eigenvalue weighted by Gasteiger charge is 2.21. The Labute approximate surface area is 122 Å². The molecule has 6 heteroatoms. The summed E-state index contributed by atoms with van der Waals surface area (Å²) in [5.74, 6) is -0.0123. The molecule has 1 amide bonds. The van der Waals surface area contributed by atoms with Crippen molar-refractivity contribution < 1.29 is 9.69 Å². The zero-order chi connectivity index (χ0) is 14.8. The van der Waals surface area contributed by atoms with Crippen LogP contribution in [0.5, 0.6) is 0 Å². The van der Waals surface area contributed by atoms with Crippen molar-refractivity contribution >= 4 is 16.8 Å².